The molecular weight excluding hydrogens is 174 g/mol. The molecule has 0 heterocycles. The number of alkyl halides is 2. The summed E-state index contributed by atoms with van der Waals surface area (Å²) < 4.78 is 26.4. The molecule has 0 bridgehead atoms. The van der Waals surface area contributed by atoms with Crippen molar-refractivity contribution in [3.05, 3.63) is 35.4 Å². The van der Waals surface area contributed by atoms with Crippen LogP contribution in [0.2, 0.25) is 0 Å². The van der Waals surface area contributed by atoms with Crippen molar-refractivity contribution in [1.29, 1.82) is 0 Å². The molecule has 1 aliphatic carbocycles. The van der Waals surface area contributed by atoms with E-state index >= 15 is 0 Å². The number of hydrogen-bond donors (Lipinski definition) is 1. The van der Waals surface area contributed by atoms with Gasteiger partial charge in [0, 0.05) is 17.5 Å². The predicted octanol–water partition coefficient (Wildman–Crippen LogP) is 2.90. The third kappa shape index (κ3) is 1.20. The number of phenols is 1. The van der Waals surface area contributed by atoms with Gasteiger partial charge >= 0.3 is 0 Å². The van der Waals surface area contributed by atoms with Crippen molar-refractivity contribution in [3.8, 4) is 5.75 Å². The molecular formula is C10H8F2O. The van der Waals surface area contributed by atoms with Crippen LogP contribution in [-0.2, 0) is 5.92 Å². The van der Waals surface area contributed by atoms with Gasteiger partial charge in [0.15, 0.2) is 0 Å². The number of aromatic hydroxyl groups is 1. The first-order valence-corrected chi connectivity index (χ1v) is 3.98. The average molecular weight is 182 g/mol. The fraction of sp³-hybridized carbons (Fsp3) is 0.200. The highest BCUT2D eigenvalue weighted by Crippen LogP contribution is 2.41. The number of allylic oxidation sites excluding steroid dienone is 1. The van der Waals surface area contributed by atoms with E-state index in [9.17, 15) is 13.9 Å². The molecule has 1 aliphatic rings. The van der Waals surface area contributed by atoms with Crippen molar-refractivity contribution in [2.24, 2.45) is 0 Å². The lowest BCUT2D eigenvalue weighted by Crippen LogP contribution is -2.16. The van der Waals surface area contributed by atoms with Gasteiger partial charge in [-0.1, -0.05) is 24.3 Å². The van der Waals surface area contributed by atoms with E-state index < -0.39 is 5.92 Å². The molecule has 1 aromatic carbocycles. The first-order chi connectivity index (χ1) is 6.11. The molecule has 0 aliphatic heterocycles. The van der Waals surface area contributed by atoms with Crippen LogP contribution in [-0.4, -0.2) is 5.11 Å². The second kappa shape index (κ2) is 2.55. The van der Waals surface area contributed by atoms with E-state index in [2.05, 4.69) is 0 Å². The van der Waals surface area contributed by atoms with Crippen LogP contribution in [0.1, 0.15) is 17.5 Å². The maximum Gasteiger partial charge on any atom is 0.277 e. The lowest BCUT2D eigenvalue weighted by molar-refractivity contribution is -0.00246. The van der Waals surface area contributed by atoms with Crippen LogP contribution >= 0.6 is 0 Å². The highest BCUT2D eigenvalue weighted by molar-refractivity contribution is 5.64. The minimum Gasteiger partial charge on any atom is -0.507 e. The number of fused-ring (bicyclic) bond motifs is 1. The summed E-state index contributed by atoms with van der Waals surface area (Å²) in [6.07, 6.45) is 2.62. The van der Waals surface area contributed by atoms with Crippen molar-refractivity contribution >= 4 is 6.08 Å². The van der Waals surface area contributed by atoms with Gasteiger partial charge in [-0.2, -0.15) is 0 Å². The Morgan fingerprint density at radius 2 is 2.08 bits per heavy atom. The van der Waals surface area contributed by atoms with Gasteiger partial charge in [0.1, 0.15) is 5.75 Å². The number of rotatable bonds is 0. The zero-order chi connectivity index (χ0) is 9.47. The standard InChI is InChI=1S/C10H8F2O/c11-10(12)6-2-3-7-8(10)4-1-5-9(7)13/h1-5,13H,6H2. The monoisotopic (exact) mass is 182 g/mol. The average Bonchev–Trinajstić information content (AvgIpc) is 2.06. The van der Waals surface area contributed by atoms with Crippen LogP contribution in [0.4, 0.5) is 8.78 Å². The molecule has 0 aromatic heterocycles. The zero-order valence-corrected chi connectivity index (χ0v) is 6.80. The molecule has 1 nitrogen and oxygen atoms in total. The molecule has 0 radical (unpaired) electrons. The van der Waals surface area contributed by atoms with Crippen molar-refractivity contribution in [1.82, 2.24) is 0 Å². The maximum atomic E-state index is 13.2. The van der Waals surface area contributed by atoms with E-state index in [0.29, 0.717) is 0 Å². The Hall–Kier alpha value is -1.38. The molecule has 0 unspecified atom stereocenters. The molecule has 0 saturated heterocycles. The Balaban J connectivity index is 2.67. The summed E-state index contributed by atoms with van der Waals surface area (Å²) in [7, 11) is 0. The van der Waals surface area contributed by atoms with Gasteiger partial charge in [-0.3, -0.25) is 0 Å². The molecule has 2 rings (SSSR count). The van der Waals surface area contributed by atoms with E-state index in [4.69, 9.17) is 0 Å². The molecule has 0 amide bonds. The molecule has 1 N–H and O–H groups in total. The highest BCUT2D eigenvalue weighted by atomic mass is 19.3. The second-order valence-corrected chi connectivity index (χ2v) is 3.05. The normalized spacial score (nSPS) is 18.3. The zero-order valence-electron chi connectivity index (χ0n) is 6.80. The van der Waals surface area contributed by atoms with Crippen molar-refractivity contribution < 1.29 is 13.9 Å². The smallest absolute Gasteiger partial charge is 0.277 e. The summed E-state index contributed by atoms with van der Waals surface area (Å²) in [5, 5.41) is 9.30. The largest absolute Gasteiger partial charge is 0.507 e. The molecule has 0 fully saturated rings. The summed E-state index contributed by atoms with van der Waals surface area (Å²) >= 11 is 0. The van der Waals surface area contributed by atoms with Crippen LogP contribution < -0.4 is 0 Å². The fourth-order valence-corrected chi connectivity index (χ4v) is 1.48. The summed E-state index contributed by atoms with van der Waals surface area (Å²) in [6.45, 7) is 0. The predicted molar refractivity (Wildman–Crippen MR) is 45.7 cm³/mol. The van der Waals surface area contributed by atoms with Crippen molar-refractivity contribution in [3.63, 3.8) is 0 Å². The van der Waals surface area contributed by atoms with Gasteiger partial charge in [-0.15, -0.1) is 0 Å². The van der Waals surface area contributed by atoms with Gasteiger partial charge in [0.25, 0.3) is 5.92 Å². The van der Waals surface area contributed by atoms with Crippen LogP contribution in [0, 0.1) is 0 Å². The second-order valence-electron chi connectivity index (χ2n) is 3.05. The van der Waals surface area contributed by atoms with Crippen molar-refractivity contribution in [2.75, 3.05) is 0 Å². The summed E-state index contributed by atoms with van der Waals surface area (Å²) in [4.78, 5) is 0. The highest BCUT2D eigenvalue weighted by Gasteiger charge is 2.35. The Morgan fingerprint density at radius 3 is 2.77 bits per heavy atom. The van der Waals surface area contributed by atoms with Gasteiger partial charge < -0.3 is 5.11 Å². The van der Waals surface area contributed by atoms with E-state index in [1.165, 1.54) is 30.4 Å². The number of hydrogen-bond acceptors (Lipinski definition) is 1. The van der Waals surface area contributed by atoms with Crippen LogP contribution in [0.15, 0.2) is 24.3 Å². The first-order valence-electron chi connectivity index (χ1n) is 3.98. The molecule has 0 atom stereocenters. The Kier molecular flexibility index (Phi) is 1.62. The van der Waals surface area contributed by atoms with Crippen LogP contribution in [0.3, 0.4) is 0 Å². The Morgan fingerprint density at radius 1 is 1.31 bits per heavy atom. The minimum atomic E-state index is -2.84. The van der Waals surface area contributed by atoms with E-state index in [0.717, 1.165) is 0 Å². The number of phenolic OH excluding ortho intramolecular Hbond substituents is 1. The lowest BCUT2D eigenvalue weighted by atomic mass is 9.93. The SMILES string of the molecule is Oc1cccc2c1C=CCC2(F)F. The fourth-order valence-electron chi connectivity index (χ4n) is 1.48. The van der Waals surface area contributed by atoms with E-state index in [1.807, 2.05) is 0 Å². The van der Waals surface area contributed by atoms with E-state index in [1.54, 1.807) is 0 Å². The Labute approximate surface area is 74.3 Å². The molecule has 1 aromatic rings. The van der Waals surface area contributed by atoms with Gasteiger partial charge in [-0.25, -0.2) is 8.78 Å². The lowest BCUT2D eigenvalue weighted by Gasteiger charge is -2.21. The number of halogens is 2. The molecule has 68 valence electrons. The molecule has 0 saturated carbocycles. The van der Waals surface area contributed by atoms with Gasteiger partial charge in [0.05, 0.1) is 0 Å². The molecule has 13 heavy (non-hydrogen) atoms. The first kappa shape index (κ1) is 8.23. The van der Waals surface area contributed by atoms with E-state index in [-0.39, 0.29) is 23.3 Å². The Bertz CT molecular complexity index is 369. The van der Waals surface area contributed by atoms with Crippen LogP contribution in [0.25, 0.3) is 6.08 Å². The van der Waals surface area contributed by atoms with Gasteiger partial charge in [-0.05, 0) is 6.07 Å². The minimum absolute atomic E-state index is 0.0880. The third-order valence-electron chi connectivity index (χ3n) is 2.14. The third-order valence-corrected chi connectivity index (χ3v) is 2.14. The van der Waals surface area contributed by atoms with Crippen molar-refractivity contribution in [2.45, 2.75) is 12.3 Å². The summed E-state index contributed by atoms with van der Waals surface area (Å²) in [5.74, 6) is -2.93. The summed E-state index contributed by atoms with van der Waals surface area (Å²) in [5.41, 5.74) is 0.147. The van der Waals surface area contributed by atoms with Crippen LogP contribution in [0.5, 0.6) is 5.75 Å². The maximum absolute atomic E-state index is 13.2. The quantitative estimate of drug-likeness (QED) is 0.654. The molecule has 3 heteroatoms. The summed E-state index contributed by atoms with van der Waals surface area (Å²) in [6, 6.07) is 4.18. The number of benzene rings is 1. The molecule has 0 spiro atoms. The topological polar surface area (TPSA) is 20.2 Å². The van der Waals surface area contributed by atoms with Gasteiger partial charge in [0.2, 0.25) is 0 Å².